The van der Waals surface area contributed by atoms with Crippen LogP contribution in [0, 0.1) is 5.92 Å². The molecule has 4 N–H and O–H groups in total. The van der Waals surface area contributed by atoms with E-state index in [1.807, 2.05) is 24.3 Å². The van der Waals surface area contributed by atoms with Crippen molar-refractivity contribution in [3.63, 3.8) is 0 Å². The molecule has 0 aliphatic carbocycles. The van der Waals surface area contributed by atoms with Crippen LogP contribution >= 0.6 is 0 Å². The molecule has 32 heavy (non-hydrogen) atoms. The van der Waals surface area contributed by atoms with Gasteiger partial charge in [-0.15, -0.1) is 0 Å². The second-order valence-electron chi connectivity index (χ2n) is 8.76. The van der Waals surface area contributed by atoms with Crippen LogP contribution < -0.4 is 10.9 Å². The highest BCUT2D eigenvalue weighted by Crippen LogP contribution is 2.36. The Morgan fingerprint density at radius 3 is 2.62 bits per heavy atom. The molecule has 1 atom stereocenters. The van der Waals surface area contributed by atoms with Crippen molar-refractivity contribution in [2.75, 3.05) is 25.0 Å². The number of anilines is 1. The number of H-pyrrole nitrogens is 2. The molecule has 8 nitrogen and oxygen atoms in total. The lowest BCUT2D eigenvalue weighted by atomic mass is 9.83. The Morgan fingerprint density at radius 2 is 1.91 bits per heavy atom. The molecule has 2 bridgehead atoms. The summed E-state index contributed by atoms with van der Waals surface area (Å²) in [6, 6.07) is 12.6. The Morgan fingerprint density at radius 1 is 1.09 bits per heavy atom. The first kappa shape index (κ1) is 19.1. The fraction of sp³-hybridized carbons (Fsp3) is 0.292. The van der Waals surface area contributed by atoms with Crippen LogP contribution in [-0.2, 0) is 0 Å². The summed E-state index contributed by atoms with van der Waals surface area (Å²) in [6.45, 7) is 3.13. The molecule has 5 heterocycles. The number of aromatic nitrogens is 3. The van der Waals surface area contributed by atoms with E-state index in [1.54, 1.807) is 12.1 Å². The van der Waals surface area contributed by atoms with Gasteiger partial charge < -0.3 is 25.3 Å². The molecule has 3 aliphatic heterocycles. The number of aromatic amines is 2. The maximum absolute atomic E-state index is 13.3. The van der Waals surface area contributed by atoms with Crippen molar-refractivity contribution >= 4 is 33.6 Å². The van der Waals surface area contributed by atoms with E-state index in [9.17, 15) is 14.7 Å². The average molecular weight is 429 g/mol. The maximum atomic E-state index is 13.3. The zero-order chi connectivity index (χ0) is 21.8. The third kappa shape index (κ3) is 3.06. The van der Waals surface area contributed by atoms with Crippen molar-refractivity contribution in [1.29, 1.82) is 0 Å². The number of benzene rings is 2. The van der Waals surface area contributed by atoms with Crippen LogP contribution in [0.3, 0.4) is 0 Å². The van der Waals surface area contributed by atoms with Crippen molar-refractivity contribution in [2.45, 2.75) is 18.9 Å². The predicted molar refractivity (Wildman–Crippen MR) is 123 cm³/mol. The number of carbonyl (C=O) groups is 1. The van der Waals surface area contributed by atoms with Gasteiger partial charge in [0.05, 0.1) is 27.8 Å². The third-order valence-corrected chi connectivity index (χ3v) is 6.87. The number of imidazole rings is 1. The van der Waals surface area contributed by atoms with Crippen molar-refractivity contribution < 1.29 is 9.90 Å². The lowest BCUT2D eigenvalue weighted by molar-refractivity contribution is 0.0697. The van der Waals surface area contributed by atoms with E-state index in [-0.39, 0.29) is 17.2 Å². The smallest absolute Gasteiger partial charge is 0.335 e. The Hall–Kier alpha value is -3.65. The molecule has 4 aromatic rings. The molecule has 3 fully saturated rings. The largest absolute Gasteiger partial charge is 0.478 e. The summed E-state index contributed by atoms with van der Waals surface area (Å²) in [7, 11) is 0. The highest BCUT2D eigenvalue weighted by Gasteiger charge is 2.35. The number of hydrogen-bond acceptors (Lipinski definition) is 5. The number of para-hydroxylation sites is 2. The van der Waals surface area contributed by atoms with Crippen molar-refractivity contribution in [3.8, 4) is 11.4 Å². The molecule has 162 valence electrons. The highest BCUT2D eigenvalue weighted by molar-refractivity contribution is 6.02. The highest BCUT2D eigenvalue weighted by atomic mass is 16.4. The van der Waals surface area contributed by atoms with E-state index in [0.29, 0.717) is 33.9 Å². The monoisotopic (exact) mass is 429 g/mol. The molecule has 8 heteroatoms. The topological polar surface area (TPSA) is 114 Å². The van der Waals surface area contributed by atoms with Gasteiger partial charge in [-0.05, 0) is 62.2 Å². The second-order valence-corrected chi connectivity index (χ2v) is 8.76. The van der Waals surface area contributed by atoms with Crippen LogP contribution in [-0.4, -0.2) is 56.6 Å². The summed E-state index contributed by atoms with van der Waals surface area (Å²) in [6.07, 6.45) is 2.25. The standard InChI is InChI=1S/C24H23N5O3/c30-23-20(22-26-17-3-1-2-4-18(17)27-22)21(25-19-12-29-9-7-13(19)8-10-29)15-11-14(24(31)32)5-6-16(15)28-23/h1-6,11,13,19H,7-10,12H2,(H,26,27)(H,31,32)(H2,25,28,30)/t19-/m0/s1. The van der Waals surface area contributed by atoms with Gasteiger partial charge in [-0.25, -0.2) is 9.78 Å². The molecular weight excluding hydrogens is 406 g/mol. The minimum atomic E-state index is -1.00. The molecule has 7 rings (SSSR count). The van der Waals surface area contributed by atoms with Crippen LogP contribution in [0.5, 0.6) is 0 Å². The summed E-state index contributed by atoms with van der Waals surface area (Å²) in [5, 5.41) is 13.9. The molecule has 3 saturated heterocycles. The fourth-order valence-electron chi connectivity index (χ4n) is 5.19. The summed E-state index contributed by atoms with van der Waals surface area (Å²) < 4.78 is 0. The van der Waals surface area contributed by atoms with E-state index >= 15 is 0 Å². The van der Waals surface area contributed by atoms with Gasteiger partial charge in [0.2, 0.25) is 0 Å². The number of nitrogens with zero attached hydrogens (tertiary/aromatic N) is 2. The second kappa shape index (κ2) is 7.20. The number of fused-ring (bicyclic) bond motifs is 5. The molecule has 0 saturated carbocycles. The fourth-order valence-corrected chi connectivity index (χ4v) is 5.19. The van der Waals surface area contributed by atoms with Crippen molar-refractivity contribution in [3.05, 3.63) is 58.4 Å². The van der Waals surface area contributed by atoms with Gasteiger partial charge in [-0.2, -0.15) is 0 Å². The molecule has 0 unspecified atom stereocenters. The molecule has 0 spiro atoms. The first-order valence-electron chi connectivity index (χ1n) is 10.9. The lowest BCUT2D eigenvalue weighted by Crippen LogP contribution is -2.53. The first-order valence-corrected chi connectivity index (χ1v) is 10.9. The van der Waals surface area contributed by atoms with E-state index in [2.05, 4.69) is 25.2 Å². The average Bonchev–Trinajstić information content (AvgIpc) is 3.23. The van der Waals surface area contributed by atoms with Gasteiger partial charge in [0, 0.05) is 18.0 Å². The Balaban J connectivity index is 1.58. The number of carboxylic acids is 1. The molecule has 3 aliphatic rings. The Bertz CT molecular complexity index is 1380. The van der Waals surface area contributed by atoms with E-state index in [4.69, 9.17) is 0 Å². The number of piperidine rings is 3. The van der Waals surface area contributed by atoms with Crippen molar-refractivity contribution in [1.82, 2.24) is 19.9 Å². The number of pyridine rings is 1. The van der Waals surface area contributed by atoms with Gasteiger partial charge in [0.25, 0.3) is 5.56 Å². The Labute approximate surface area is 183 Å². The van der Waals surface area contributed by atoms with Crippen LogP contribution in [0.15, 0.2) is 47.3 Å². The van der Waals surface area contributed by atoms with Gasteiger partial charge in [-0.3, -0.25) is 4.79 Å². The maximum Gasteiger partial charge on any atom is 0.335 e. The van der Waals surface area contributed by atoms with E-state index in [0.717, 1.165) is 43.5 Å². The van der Waals surface area contributed by atoms with Gasteiger partial charge in [-0.1, -0.05) is 12.1 Å². The molecule has 2 aromatic heterocycles. The van der Waals surface area contributed by atoms with Gasteiger partial charge >= 0.3 is 5.97 Å². The van der Waals surface area contributed by atoms with Crippen LogP contribution in [0.4, 0.5) is 5.69 Å². The number of aromatic carboxylic acids is 1. The summed E-state index contributed by atoms with van der Waals surface area (Å²) in [5.41, 5.74) is 3.19. The number of rotatable bonds is 4. The molecule has 0 radical (unpaired) electrons. The normalized spacial score (nSPS) is 22.4. The molecule has 0 amide bonds. The minimum absolute atomic E-state index is 0.178. The van der Waals surface area contributed by atoms with Gasteiger partial charge in [0.1, 0.15) is 11.4 Å². The van der Waals surface area contributed by atoms with Crippen LogP contribution in [0.25, 0.3) is 33.3 Å². The first-order chi connectivity index (χ1) is 15.6. The van der Waals surface area contributed by atoms with Gasteiger partial charge in [0.15, 0.2) is 0 Å². The summed E-state index contributed by atoms with van der Waals surface area (Å²) in [4.78, 5) is 38.2. The number of hydrogen-bond donors (Lipinski definition) is 4. The number of nitrogens with one attached hydrogen (secondary N) is 3. The zero-order valence-electron chi connectivity index (χ0n) is 17.4. The summed E-state index contributed by atoms with van der Waals surface area (Å²) >= 11 is 0. The SMILES string of the molecule is O=C(O)c1ccc2[nH]c(=O)c(-c3nc4ccccc4[nH]3)c(N[C@H]3CN4CCC3CC4)c2c1. The van der Waals surface area contributed by atoms with E-state index < -0.39 is 5.97 Å². The third-order valence-electron chi connectivity index (χ3n) is 6.87. The van der Waals surface area contributed by atoms with Crippen LogP contribution in [0.1, 0.15) is 23.2 Å². The lowest BCUT2D eigenvalue weighted by Gasteiger charge is -2.45. The van der Waals surface area contributed by atoms with Crippen molar-refractivity contribution in [2.24, 2.45) is 5.92 Å². The predicted octanol–water partition coefficient (Wildman–Crippen LogP) is 3.28. The quantitative estimate of drug-likeness (QED) is 0.396. The minimum Gasteiger partial charge on any atom is -0.478 e. The van der Waals surface area contributed by atoms with E-state index in [1.165, 1.54) is 6.07 Å². The molecular formula is C24H23N5O3. The Kier molecular flexibility index (Phi) is 4.29. The zero-order valence-corrected chi connectivity index (χ0v) is 17.4. The summed E-state index contributed by atoms with van der Waals surface area (Å²) in [5.74, 6) is -0.00320. The van der Waals surface area contributed by atoms with Crippen LogP contribution in [0.2, 0.25) is 0 Å². The number of carboxylic acid groups (broad SMARTS) is 1. The molecule has 2 aromatic carbocycles.